The zero-order valence-electron chi connectivity index (χ0n) is 14.3. The van der Waals surface area contributed by atoms with E-state index in [0.29, 0.717) is 25.4 Å². The minimum atomic E-state index is -0.170. The van der Waals surface area contributed by atoms with E-state index in [1.54, 1.807) is 17.0 Å². The number of benzene rings is 1. The predicted octanol–water partition coefficient (Wildman–Crippen LogP) is 2.69. The second-order valence-electron chi connectivity index (χ2n) is 6.36. The first-order valence-corrected chi connectivity index (χ1v) is 8.54. The Balaban J connectivity index is 1.40. The zero-order valence-corrected chi connectivity index (χ0v) is 14.3. The summed E-state index contributed by atoms with van der Waals surface area (Å²) in [7, 11) is 0. The minimum absolute atomic E-state index is 0.0821. The Morgan fingerprint density at radius 1 is 1.16 bits per heavy atom. The number of hydrogen-bond donors (Lipinski definition) is 2. The van der Waals surface area contributed by atoms with E-state index in [1.807, 2.05) is 31.2 Å². The smallest absolute Gasteiger partial charge is 0.315 e. The molecule has 1 fully saturated rings. The number of hydrogen-bond acceptors (Lipinski definition) is 3. The van der Waals surface area contributed by atoms with Crippen LogP contribution in [0.25, 0.3) is 0 Å². The monoisotopic (exact) mass is 341 g/mol. The van der Waals surface area contributed by atoms with Crippen LogP contribution in [0.5, 0.6) is 0 Å². The van der Waals surface area contributed by atoms with Gasteiger partial charge in [0.15, 0.2) is 5.76 Å². The number of amides is 3. The van der Waals surface area contributed by atoms with Crippen molar-refractivity contribution >= 4 is 11.9 Å². The molecular formula is C19H23N3O3. The Morgan fingerprint density at radius 3 is 2.52 bits per heavy atom. The van der Waals surface area contributed by atoms with E-state index in [0.717, 1.165) is 18.4 Å². The highest BCUT2D eigenvalue weighted by atomic mass is 16.3. The number of likely N-dealkylation sites (tertiary alicyclic amines) is 1. The number of nitrogens with one attached hydrogen (secondary N) is 2. The van der Waals surface area contributed by atoms with Crippen LogP contribution < -0.4 is 10.6 Å². The average Bonchev–Trinajstić information content (AvgIpc) is 3.16. The lowest BCUT2D eigenvalue weighted by Gasteiger charge is -2.31. The van der Waals surface area contributed by atoms with Crippen LogP contribution >= 0.6 is 0 Å². The second-order valence-corrected chi connectivity index (χ2v) is 6.36. The molecule has 1 aromatic carbocycles. The summed E-state index contributed by atoms with van der Waals surface area (Å²) in [5, 5.41) is 5.86. The van der Waals surface area contributed by atoms with Gasteiger partial charge in [-0.3, -0.25) is 4.79 Å². The maximum absolute atomic E-state index is 12.2. The van der Waals surface area contributed by atoms with E-state index >= 15 is 0 Å². The topological polar surface area (TPSA) is 74.6 Å². The Morgan fingerprint density at radius 2 is 1.88 bits per heavy atom. The van der Waals surface area contributed by atoms with Crippen molar-refractivity contribution < 1.29 is 14.0 Å². The maximum atomic E-state index is 12.2. The van der Waals surface area contributed by atoms with Crippen LogP contribution in [-0.4, -0.2) is 36.0 Å². The van der Waals surface area contributed by atoms with E-state index < -0.39 is 0 Å². The molecule has 1 aromatic heterocycles. The van der Waals surface area contributed by atoms with Gasteiger partial charge in [-0.05, 0) is 37.5 Å². The van der Waals surface area contributed by atoms with Gasteiger partial charge in [0.2, 0.25) is 0 Å². The third-order valence-electron chi connectivity index (χ3n) is 4.42. The number of furan rings is 1. The van der Waals surface area contributed by atoms with Gasteiger partial charge in [0, 0.05) is 25.7 Å². The summed E-state index contributed by atoms with van der Waals surface area (Å²) in [5.41, 5.74) is 2.27. The number of piperidine rings is 1. The molecule has 1 aliphatic rings. The lowest BCUT2D eigenvalue weighted by atomic mass is 10.0. The standard InChI is InChI=1S/C19H23N3O3/c1-14-4-6-15(7-5-14)13-20-19(24)21-16-8-10-22(11-9-16)18(23)17-3-2-12-25-17/h2-7,12,16H,8-11,13H2,1H3,(H2,20,21,24). The zero-order chi connectivity index (χ0) is 17.6. The van der Waals surface area contributed by atoms with Crippen molar-refractivity contribution in [2.75, 3.05) is 13.1 Å². The molecule has 0 aliphatic carbocycles. The van der Waals surface area contributed by atoms with Gasteiger partial charge in [-0.15, -0.1) is 0 Å². The first-order chi connectivity index (χ1) is 12.1. The summed E-state index contributed by atoms with van der Waals surface area (Å²) in [6.07, 6.45) is 2.98. The summed E-state index contributed by atoms with van der Waals surface area (Å²) in [4.78, 5) is 26.0. The summed E-state index contributed by atoms with van der Waals surface area (Å²) in [5.74, 6) is 0.273. The highest BCUT2D eigenvalue weighted by Crippen LogP contribution is 2.14. The number of carbonyl (C=O) groups excluding carboxylic acids is 2. The summed E-state index contributed by atoms with van der Waals surface area (Å²) >= 11 is 0. The fourth-order valence-electron chi connectivity index (χ4n) is 2.91. The van der Waals surface area contributed by atoms with Crippen LogP contribution in [0.15, 0.2) is 47.1 Å². The normalized spacial score (nSPS) is 15.0. The van der Waals surface area contributed by atoms with Crippen LogP contribution in [-0.2, 0) is 6.54 Å². The molecule has 3 amide bonds. The number of carbonyl (C=O) groups is 2. The Bertz CT molecular complexity index is 702. The predicted molar refractivity (Wildman–Crippen MR) is 94.2 cm³/mol. The number of rotatable bonds is 4. The van der Waals surface area contributed by atoms with Crippen LogP contribution in [0.4, 0.5) is 4.79 Å². The molecule has 2 heterocycles. The molecule has 0 atom stereocenters. The number of aryl methyl sites for hydroxylation is 1. The summed E-state index contributed by atoms with van der Waals surface area (Å²) in [6, 6.07) is 11.4. The van der Waals surface area contributed by atoms with Gasteiger partial charge in [0.05, 0.1) is 6.26 Å². The highest BCUT2D eigenvalue weighted by molar-refractivity contribution is 5.91. The molecule has 0 bridgehead atoms. The van der Waals surface area contributed by atoms with Crippen molar-refractivity contribution in [3.8, 4) is 0 Å². The van der Waals surface area contributed by atoms with Crippen LogP contribution in [0, 0.1) is 6.92 Å². The Hall–Kier alpha value is -2.76. The molecule has 1 saturated heterocycles. The van der Waals surface area contributed by atoms with Gasteiger partial charge in [-0.1, -0.05) is 29.8 Å². The molecule has 0 radical (unpaired) electrons. The quantitative estimate of drug-likeness (QED) is 0.898. The fourth-order valence-corrected chi connectivity index (χ4v) is 2.91. The van der Waals surface area contributed by atoms with E-state index in [4.69, 9.17) is 4.42 Å². The van der Waals surface area contributed by atoms with Gasteiger partial charge < -0.3 is 20.0 Å². The fraction of sp³-hybridized carbons (Fsp3) is 0.368. The third-order valence-corrected chi connectivity index (χ3v) is 4.42. The molecule has 0 spiro atoms. The molecule has 0 saturated carbocycles. The van der Waals surface area contributed by atoms with Crippen molar-refractivity contribution in [3.05, 3.63) is 59.5 Å². The summed E-state index contributed by atoms with van der Waals surface area (Å²) in [6.45, 7) is 3.76. The van der Waals surface area contributed by atoms with Gasteiger partial charge in [-0.2, -0.15) is 0 Å². The van der Waals surface area contributed by atoms with Crippen LogP contribution in [0.3, 0.4) is 0 Å². The molecule has 0 unspecified atom stereocenters. The Kier molecular flexibility index (Phi) is 5.38. The van der Waals surface area contributed by atoms with E-state index in [9.17, 15) is 9.59 Å². The van der Waals surface area contributed by atoms with E-state index in [-0.39, 0.29) is 18.0 Å². The molecule has 2 N–H and O–H groups in total. The lowest BCUT2D eigenvalue weighted by molar-refractivity contribution is 0.0676. The van der Waals surface area contributed by atoms with Crippen LogP contribution in [0.1, 0.15) is 34.5 Å². The largest absolute Gasteiger partial charge is 0.459 e. The molecule has 3 rings (SSSR count). The molecule has 6 heteroatoms. The second kappa shape index (κ2) is 7.88. The van der Waals surface area contributed by atoms with E-state index in [2.05, 4.69) is 10.6 Å². The average molecular weight is 341 g/mol. The summed E-state index contributed by atoms with van der Waals surface area (Å²) < 4.78 is 5.15. The molecule has 6 nitrogen and oxygen atoms in total. The molecule has 1 aliphatic heterocycles. The van der Waals surface area contributed by atoms with Gasteiger partial charge >= 0.3 is 6.03 Å². The van der Waals surface area contributed by atoms with Crippen molar-refractivity contribution in [2.45, 2.75) is 32.4 Å². The number of urea groups is 1. The Labute approximate surface area is 147 Å². The van der Waals surface area contributed by atoms with Crippen LogP contribution in [0.2, 0.25) is 0 Å². The first-order valence-electron chi connectivity index (χ1n) is 8.54. The first kappa shape index (κ1) is 17.1. The molecule has 25 heavy (non-hydrogen) atoms. The van der Waals surface area contributed by atoms with Gasteiger partial charge in [-0.25, -0.2) is 4.79 Å². The minimum Gasteiger partial charge on any atom is -0.459 e. The van der Waals surface area contributed by atoms with Crippen molar-refractivity contribution in [1.82, 2.24) is 15.5 Å². The lowest BCUT2D eigenvalue weighted by Crippen LogP contribution is -2.49. The van der Waals surface area contributed by atoms with Crippen molar-refractivity contribution in [3.63, 3.8) is 0 Å². The van der Waals surface area contributed by atoms with Crippen molar-refractivity contribution in [1.29, 1.82) is 0 Å². The van der Waals surface area contributed by atoms with Gasteiger partial charge in [0.25, 0.3) is 5.91 Å². The SMILES string of the molecule is Cc1ccc(CNC(=O)NC2CCN(C(=O)c3ccco3)CC2)cc1. The molecule has 2 aromatic rings. The highest BCUT2D eigenvalue weighted by Gasteiger charge is 2.25. The molecular weight excluding hydrogens is 318 g/mol. The third kappa shape index (κ3) is 4.62. The van der Waals surface area contributed by atoms with Crippen molar-refractivity contribution in [2.24, 2.45) is 0 Å². The molecule has 132 valence electrons. The number of nitrogens with zero attached hydrogens (tertiary/aromatic N) is 1. The van der Waals surface area contributed by atoms with Gasteiger partial charge in [0.1, 0.15) is 0 Å². The van der Waals surface area contributed by atoms with E-state index in [1.165, 1.54) is 11.8 Å². The maximum Gasteiger partial charge on any atom is 0.315 e.